The van der Waals surface area contributed by atoms with Gasteiger partial charge in [0.2, 0.25) is 5.91 Å². The predicted molar refractivity (Wildman–Crippen MR) is 115 cm³/mol. The summed E-state index contributed by atoms with van der Waals surface area (Å²) < 4.78 is 19.6. The average molecular weight is 465 g/mol. The Morgan fingerprint density at radius 1 is 1.21 bits per heavy atom. The summed E-state index contributed by atoms with van der Waals surface area (Å²) in [6, 6.07) is 4.89. The summed E-state index contributed by atoms with van der Waals surface area (Å²) >= 11 is 4.03. The van der Waals surface area contributed by atoms with E-state index in [1.807, 2.05) is 6.07 Å². The molecule has 1 N–H and O–H groups in total. The molecule has 0 aromatic heterocycles. The highest BCUT2D eigenvalue weighted by molar-refractivity contribution is 9.10. The first-order chi connectivity index (χ1) is 13.9. The third-order valence-corrected chi connectivity index (χ3v) is 8.44. The molecule has 29 heavy (non-hydrogen) atoms. The van der Waals surface area contributed by atoms with Crippen molar-refractivity contribution in [1.29, 1.82) is 0 Å². The SMILES string of the molecule is O=C(CC12CC3CC(CC(Br)(C3)C1)C2)NCc1cc(F)ccc1N1CCOCC1. The van der Waals surface area contributed by atoms with Crippen LogP contribution in [-0.2, 0) is 16.1 Å². The molecular formula is C23H30BrFN2O2. The highest BCUT2D eigenvalue weighted by Gasteiger charge is 2.57. The highest BCUT2D eigenvalue weighted by atomic mass is 79.9. The molecule has 6 rings (SSSR count). The highest BCUT2D eigenvalue weighted by Crippen LogP contribution is 2.65. The van der Waals surface area contributed by atoms with E-state index >= 15 is 0 Å². The number of benzene rings is 1. The Morgan fingerprint density at radius 3 is 2.62 bits per heavy atom. The molecule has 4 nitrogen and oxygen atoms in total. The average Bonchev–Trinajstić information content (AvgIpc) is 2.65. The minimum atomic E-state index is -0.256. The van der Waals surface area contributed by atoms with Gasteiger partial charge in [-0.3, -0.25) is 4.79 Å². The molecule has 1 aliphatic heterocycles. The number of alkyl halides is 1. The van der Waals surface area contributed by atoms with Crippen molar-refractivity contribution in [2.24, 2.45) is 17.3 Å². The first kappa shape index (κ1) is 19.8. The van der Waals surface area contributed by atoms with Crippen LogP contribution in [0.2, 0.25) is 0 Å². The molecule has 5 fully saturated rings. The number of nitrogens with one attached hydrogen (secondary N) is 1. The summed E-state index contributed by atoms with van der Waals surface area (Å²) in [5.74, 6) is 1.41. The fraction of sp³-hybridized carbons (Fsp3) is 0.696. The Balaban J connectivity index is 1.25. The number of carbonyl (C=O) groups excluding carboxylic acids is 1. The van der Waals surface area contributed by atoms with E-state index in [1.165, 1.54) is 38.2 Å². The zero-order chi connectivity index (χ0) is 20.1. The van der Waals surface area contributed by atoms with Gasteiger partial charge < -0.3 is 15.0 Å². The second-order valence-corrected chi connectivity index (χ2v) is 11.6. The fourth-order valence-corrected chi connectivity index (χ4v) is 8.46. The van der Waals surface area contributed by atoms with Crippen LogP contribution in [0.15, 0.2) is 18.2 Å². The Bertz CT molecular complexity index is 781. The van der Waals surface area contributed by atoms with Gasteiger partial charge in [0.15, 0.2) is 0 Å². The Hall–Kier alpha value is -1.14. The molecule has 5 aliphatic rings. The van der Waals surface area contributed by atoms with Crippen molar-refractivity contribution >= 4 is 27.5 Å². The fourth-order valence-electron chi connectivity index (χ4n) is 6.95. The Morgan fingerprint density at radius 2 is 1.93 bits per heavy atom. The van der Waals surface area contributed by atoms with E-state index in [1.54, 1.807) is 6.07 Å². The van der Waals surface area contributed by atoms with Crippen molar-refractivity contribution in [3.8, 4) is 0 Å². The maximum atomic E-state index is 13.9. The number of hydrogen-bond acceptors (Lipinski definition) is 3. The largest absolute Gasteiger partial charge is 0.378 e. The lowest BCUT2D eigenvalue weighted by Crippen LogP contribution is -2.54. The third-order valence-electron chi connectivity index (χ3n) is 7.52. The van der Waals surface area contributed by atoms with Crippen molar-refractivity contribution in [2.75, 3.05) is 31.2 Å². The van der Waals surface area contributed by atoms with Crippen LogP contribution in [0, 0.1) is 23.1 Å². The van der Waals surface area contributed by atoms with Crippen LogP contribution in [0.4, 0.5) is 10.1 Å². The van der Waals surface area contributed by atoms with Crippen LogP contribution in [0.5, 0.6) is 0 Å². The monoisotopic (exact) mass is 464 g/mol. The smallest absolute Gasteiger partial charge is 0.220 e. The summed E-state index contributed by atoms with van der Waals surface area (Å²) in [5.41, 5.74) is 2.01. The van der Waals surface area contributed by atoms with E-state index in [0.29, 0.717) is 26.2 Å². The van der Waals surface area contributed by atoms with Gasteiger partial charge in [0.1, 0.15) is 5.82 Å². The molecule has 158 valence electrons. The van der Waals surface area contributed by atoms with E-state index in [2.05, 4.69) is 26.1 Å². The maximum absolute atomic E-state index is 13.9. The van der Waals surface area contributed by atoms with Gasteiger partial charge in [-0.1, -0.05) is 15.9 Å². The van der Waals surface area contributed by atoms with Crippen LogP contribution >= 0.6 is 15.9 Å². The number of ether oxygens (including phenoxy) is 1. The van der Waals surface area contributed by atoms with E-state index in [0.717, 1.165) is 42.6 Å². The number of amides is 1. The molecular weight excluding hydrogens is 435 g/mol. The quantitative estimate of drug-likeness (QED) is 0.656. The van der Waals surface area contributed by atoms with Crippen LogP contribution in [0.1, 0.15) is 50.5 Å². The van der Waals surface area contributed by atoms with Gasteiger partial charge in [0.25, 0.3) is 0 Å². The molecule has 4 aliphatic carbocycles. The summed E-state index contributed by atoms with van der Waals surface area (Å²) in [4.78, 5) is 15.1. The number of halogens is 2. The van der Waals surface area contributed by atoms with Crippen LogP contribution in [-0.4, -0.2) is 36.5 Å². The van der Waals surface area contributed by atoms with E-state index in [4.69, 9.17) is 4.74 Å². The molecule has 0 radical (unpaired) electrons. The Kier molecular flexibility index (Phi) is 5.14. The number of carbonyl (C=O) groups is 1. The van der Waals surface area contributed by atoms with Crippen molar-refractivity contribution in [3.05, 3.63) is 29.6 Å². The molecule has 1 heterocycles. The molecule has 4 bridgehead atoms. The second-order valence-electron chi connectivity index (χ2n) is 9.94. The molecule has 6 heteroatoms. The third kappa shape index (κ3) is 4.07. The summed E-state index contributed by atoms with van der Waals surface area (Å²) in [5, 5.41) is 3.11. The van der Waals surface area contributed by atoms with Gasteiger partial charge in [0, 0.05) is 36.1 Å². The van der Waals surface area contributed by atoms with Gasteiger partial charge in [0.05, 0.1) is 13.2 Å². The Labute approximate surface area is 180 Å². The van der Waals surface area contributed by atoms with Gasteiger partial charge in [-0.25, -0.2) is 4.39 Å². The number of morpholine rings is 1. The second kappa shape index (κ2) is 7.52. The van der Waals surface area contributed by atoms with Crippen LogP contribution in [0.3, 0.4) is 0 Å². The van der Waals surface area contributed by atoms with Crippen molar-refractivity contribution < 1.29 is 13.9 Å². The van der Waals surface area contributed by atoms with E-state index in [-0.39, 0.29) is 21.5 Å². The van der Waals surface area contributed by atoms with Crippen LogP contribution in [0.25, 0.3) is 0 Å². The molecule has 1 aromatic rings. The molecule has 0 spiro atoms. The molecule has 4 saturated carbocycles. The van der Waals surface area contributed by atoms with E-state index in [9.17, 15) is 9.18 Å². The summed E-state index contributed by atoms with van der Waals surface area (Å²) in [6.45, 7) is 3.34. The standard InChI is InChI=1S/C23H30BrFN2O2/c24-23-11-16-7-17(12-23)10-22(9-16,15-23)13-21(28)26-14-18-8-19(25)1-2-20(18)27-3-5-29-6-4-27/h1-2,8,16-17H,3-7,9-15H2,(H,26,28). The van der Waals surface area contributed by atoms with Crippen molar-refractivity contribution in [2.45, 2.75) is 55.8 Å². The number of hydrogen-bond donors (Lipinski definition) is 1. The molecule has 1 amide bonds. The minimum Gasteiger partial charge on any atom is -0.378 e. The molecule has 2 atom stereocenters. The zero-order valence-corrected chi connectivity index (χ0v) is 18.5. The van der Waals surface area contributed by atoms with Gasteiger partial charge >= 0.3 is 0 Å². The summed E-state index contributed by atoms with van der Waals surface area (Å²) in [7, 11) is 0. The molecule has 2 unspecified atom stereocenters. The van der Waals surface area contributed by atoms with E-state index < -0.39 is 0 Å². The minimum absolute atomic E-state index is 0.111. The lowest BCUT2D eigenvalue weighted by atomic mass is 9.48. The van der Waals surface area contributed by atoms with Gasteiger partial charge in [-0.15, -0.1) is 0 Å². The maximum Gasteiger partial charge on any atom is 0.220 e. The molecule has 1 saturated heterocycles. The van der Waals surface area contributed by atoms with Crippen molar-refractivity contribution in [1.82, 2.24) is 5.32 Å². The molecule has 1 aromatic carbocycles. The topological polar surface area (TPSA) is 41.6 Å². The lowest BCUT2D eigenvalue weighted by Gasteiger charge is -2.60. The van der Waals surface area contributed by atoms with Crippen molar-refractivity contribution in [3.63, 3.8) is 0 Å². The first-order valence-corrected chi connectivity index (χ1v) is 11.8. The lowest BCUT2D eigenvalue weighted by molar-refractivity contribution is -0.128. The number of nitrogens with zero attached hydrogens (tertiary/aromatic N) is 1. The zero-order valence-electron chi connectivity index (χ0n) is 16.9. The predicted octanol–water partition coefficient (Wildman–Crippen LogP) is 4.40. The first-order valence-electron chi connectivity index (χ1n) is 11.0. The van der Waals surface area contributed by atoms with Gasteiger partial charge in [-0.05, 0) is 79.5 Å². The van der Waals surface area contributed by atoms with Gasteiger partial charge in [-0.2, -0.15) is 0 Å². The number of rotatable bonds is 5. The normalized spacial score (nSPS) is 35.7. The van der Waals surface area contributed by atoms with Crippen LogP contribution < -0.4 is 10.2 Å². The summed E-state index contributed by atoms with van der Waals surface area (Å²) in [6.07, 6.45) is 8.03. The number of anilines is 1.